The van der Waals surface area contributed by atoms with E-state index in [0.717, 1.165) is 16.9 Å². The first kappa shape index (κ1) is 15.1. The fourth-order valence-electron chi connectivity index (χ4n) is 1.97. The van der Waals surface area contributed by atoms with E-state index in [9.17, 15) is 9.90 Å². The lowest BCUT2D eigenvalue weighted by Gasteiger charge is -2.08. The number of carbonyl (C=O) groups is 1. The van der Waals surface area contributed by atoms with Crippen LogP contribution in [0.15, 0.2) is 48.5 Å². The molecule has 4 heteroatoms. The fraction of sp³-hybridized carbons (Fsp3) is 0.235. The molecule has 0 spiro atoms. The summed E-state index contributed by atoms with van der Waals surface area (Å²) in [6.07, 6.45) is 0.265. The van der Waals surface area contributed by atoms with Crippen LogP contribution < -0.4 is 4.74 Å². The smallest absolute Gasteiger partial charge is 0.335 e. The highest BCUT2D eigenvalue weighted by Crippen LogP contribution is 2.15. The molecule has 2 aromatic rings. The van der Waals surface area contributed by atoms with Crippen molar-refractivity contribution in [2.24, 2.45) is 0 Å². The highest BCUT2D eigenvalue weighted by Gasteiger charge is 2.03. The van der Waals surface area contributed by atoms with E-state index in [0.29, 0.717) is 13.0 Å². The summed E-state index contributed by atoms with van der Waals surface area (Å²) >= 11 is 0. The Morgan fingerprint density at radius 2 is 1.62 bits per heavy atom. The van der Waals surface area contributed by atoms with Crippen molar-refractivity contribution in [2.75, 3.05) is 0 Å². The minimum Gasteiger partial charge on any atom is -0.489 e. The third kappa shape index (κ3) is 4.61. The molecule has 0 aromatic heterocycles. The molecule has 4 nitrogen and oxygen atoms in total. The number of benzene rings is 2. The number of hydrogen-bond donors (Lipinski definition) is 2. The van der Waals surface area contributed by atoms with Gasteiger partial charge in [0.05, 0.1) is 11.7 Å². The summed E-state index contributed by atoms with van der Waals surface area (Å²) in [6.45, 7) is 2.14. The van der Waals surface area contributed by atoms with Gasteiger partial charge in [-0.15, -0.1) is 0 Å². The quantitative estimate of drug-likeness (QED) is 0.857. The van der Waals surface area contributed by atoms with Gasteiger partial charge in [0.15, 0.2) is 0 Å². The lowest BCUT2D eigenvalue weighted by Crippen LogP contribution is -2.04. The molecule has 1 unspecified atom stereocenters. The summed E-state index contributed by atoms with van der Waals surface area (Å²) in [5.41, 5.74) is 2.23. The largest absolute Gasteiger partial charge is 0.489 e. The molecule has 0 fully saturated rings. The van der Waals surface area contributed by atoms with Crippen LogP contribution >= 0.6 is 0 Å². The van der Waals surface area contributed by atoms with Crippen LogP contribution in [-0.2, 0) is 13.0 Å². The maximum absolute atomic E-state index is 10.8. The molecule has 0 radical (unpaired) electrons. The molecule has 0 bridgehead atoms. The Bertz CT molecular complexity index is 585. The first-order valence-electron chi connectivity index (χ1n) is 6.76. The maximum atomic E-state index is 10.8. The van der Waals surface area contributed by atoms with E-state index in [-0.39, 0.29) is 11.7 Å². The highest BCUT2D eigenvalue weighted by atomic mass is 16.5. The Morgan fingerprint density at radius 1 is 1.05 bits per heavy atom. The Kier molecular flexibility index (Phi) is 4.95. The van der Waals surface area contributed by atoms with Gasteiger partial charge in [0.1, 0.15) is 12.4 Å². The maximum Gasteiger partial charge on any atom is 0.335 e. The lowest BCUT2D eigenvalue weighted by atomic mass is 10.1. The van der Waals surface area contributed by atoms with Crippen molar-refractivity contribution in [1.82, 2.24) is 0 Å². The van der Waals surface area contributed by atoms with Crippen molar-refractivity contribution >= 4 is 5.97 Å². The number of aromatic carboxylic acids is 1. The van der Waals surface area contributed by atoms with Gasteiger partial charge < -0.3 is 14.9 Å². The zero-order valence-electron chi connectivity index (χ0n) is 11.8. The van der Waals surface area contributed by atoms with Crippen LogP contribution in [0.25, 0.3) is 0 Å². The Labute approximate surface area is 123 Å². The van der Waals surface area contributed by atoms with Gasteiger partial charge in [0, 0.05) is 0 Å². The third-order valence-corrected chi connectivity index (χ3v) is 3.06. The summed E-state index contributed by atoms with van der Waals surface area (Å²) < 4.78 is 5.64. The molecule has 0 aliphatic heterocycles. The molecule has 0 aliphatic rings. The van der Waals surface area contributed by atoms with Crippen LogP contribution in [0, 0.1) is 0 Å². The summed E-state index contributed by atoms with van der Waals surface area (Å²) in [7, 11) is 0. The molecule has 2 rings (SSSR count). The first-order valence-corrected chi connectivity index (χ1v) is 6.76. The third-order valence-electron chi connectivity index (χ3n) is 3.06. The molecular formula is C17H18O4. The van der Waals surface area contributed by atoms with Crippen LogP contribution in [0.4, 0.5) is 0 Å². The van der Waals surface area contributed by atoms with E-state index in [4.69, 9.17) is 9.84 Å². The average Bonchev–Trinajstić information content (AvgIpc) is 2.46. The van der Waals surface area contributed by atoms with Crippen molar-refractivity contribution in [3.05, 3.63) is 65.2 Å². The van der Waals surface area contributed by atoms with Gasteiger partial charge in [-0.05, 0) is 48.7 Å². The van der Waals surface area contributed by atoms with E-state index in [1.54, 1.807) is 31.2 Å². The SMILES string of the molecule is CC(O)Cc1ccc(OCc2ccc(C(=O)O)cc2)cc1. The van der Waals surface area contributed by atoms with E-state index >= 15 is 0 Å². The van der Waals surface area contributed by atoms with Gasteiger partial charge >= 0.3 is 5.97 Å². The van der Waals surface area contributed by atoms with Crippen LogP contribution in [0.1, 0.15) is 28.4 Å². The predicted octanol–water partition coefficient (Wildman–Crippen LogP) is 2.89. The summed E-state index contributed by atoms with van der Waals surface area (Å²) in [5.74, 6) is -0.192. The molecule has 21 heavy (non-hydrogen) atoms. The van der Waals surface area contributed by atoms with E-state index in [2.05, 4.69) is 0 Å². The second kappa shape index (κ2) is 6.90. The number of carboxylic acids is 1. The fourth-order valence-corrected chi connectivity index (χ4v) is 1.97. The van der Waals surface area contributed by atoms with Gasteiger partial charge in [0.25, 0.3) is 0 Å². The zero-order valence-corrected chi connectivity index (χ0v) is 11.8. The van der Waals surface area contributed by atoms with Gasteiger partial charge in [-0.2, -0.15) is 0 Å². The molecule has 0 aliphatic carbocycles. The monoisotopic (exact) mass is 286 g/mol. The van der Waals surface area contributed by atoms with E-state index in [1.807, 2.05) is 24.3 Å². The van der Waals surface area contributed by atoms with Crippen molar-refractivity contribution in [3.63, 3.8) is 0 Å². The van der Waals surface area contributed by atoms with Crippen LogP contribution in [0.5, 0.6) is 5.75 Å². The normalized spacial score (nSPS) is 11.9. The second-order valence-corrected chi connectivity index (χ2v) is 4.99. The van der Waals surface area contributed by atoms with Gasteiger partial charge in [0.2, 0.25) is 0 Å². The summed E-state index contributed by atoms with van der Waals surface area (Å²) in [6, 6.07) is 14.2. The number of carboxylic acid groups (broad SMARTS) is 1. The molecule has 110 valence electrons. The standard InChI is InChI=1S/C17H18O4/c1-12(18)10-13-4-8-16(9-5-13)21-11-14-2-6-15(7-3-14)17(19)20/h2-9,12,18H,10-11H2,1H3,(H,19,20). The van der Waals surface area contributed by atoms with Crippen molar-refractivity contribution in [3.8, 4) is 5.75 Å². The lowest BCUT2D eigenvalue weighted by molar-refractivity contribution is 0.0697. The van der Waals surface area contributed by atoms with E-state index in [1.165, 1.54) is 0 Å². The molecular weight excluding hydrogens is 268 g/mol. The van der Waals surface area contributed by atoms with E-state index < -0.39 is 5.97 Å². The molecule has 2 aromatic carbocycles. The molecule has 1 atom stereocenters. The van der Waals surface area contributed by atoms with Crippen LogP contribution in [-0.4, -0.2) is 22.3 Å². The van der Waals surface area contributed by atoms with Crippen molar-refractivity contribution < 1.29 is 19.7 Å². The molecule has 0 heterocycles. The Hall–Kier alpha value is -2.33. The van der Waals surface area contributed by atoms with Crippen molar-refractivity contribution in [1.29, 1.82) is 0 Å². The second-order valence-electron chi connectivity index (χ2n) is 4.99. The van der Waals surface area contributed by atoms with Gasteiger partial charge in [-0.3, -0.25) is 0 Å². The molecule has 2 N–H and O–H groups in total. The van der Waals surface area contributed by atoms with Crippen LogP contribution in [0.2, 0.25) is 0 Å². The first-order chi connectivity index (χ1) is 10.0. The number of hydrogen-bond acceptors (Lipinski definition) is 3. The number of aliphatic hydroxyl groups is 1. The summed E-state index contributed by atoms with van der Waals surface area (Å²) in [4.78, 5) is 10.8. The minimum atomic E-state index is -0.934. The molecule has 0 amide bonds. The average molecular weight is 286 g/mol. The Balaban J connectivity index is 1.91. The number of rotatable bonds is 6. The number of ether oxygens (including phenoxy) is 1. The van der Waals surface area contributed by atoms with Crippen LogP contribution in [0.3, 0.4) is 0 Å². The predicted molar refractivity (Wildman–Crippen MR) is 79.6 cm³/mol. The minimum absolute atomic E-state index is 0.265. The van der Waals surface area contributed by atoms with Crippen molar-refractivity contribution in [2.45, 2.75) is 26.1 Å². The van der Waals surface area contributed by atoms with Gasteiger partial charge in [-0.1, -0.05) is 24.3 Å². The molecule has 0 saturated heterocycles. The zero-order chi connectivity index (χ0) is 15.2. The molecule has 0 saturated carbocycles. The Morgan fingerprint density at radius 3 is 2.14 bits per heavy atom. The summed E-state index contributed by atoms with van der Waals surface area (Å²) in [5, 5.41) is 18.1. The van der Waals surface area contributed by atoms with Gasteiger partial charge in [-0.25, -0.2) is 4.79 Å². The number of aliphatic hydroxyl groups excluding tert-OH is 1. The topological polar surface area (TPSA) is 66.8 Å². The highest BCUT2D eigenvalue weighted by molar-refractivity contribution is 5.87.